The number of hydrogen-bond donors (Lipinski definition) is 3. The highest BCUT2D eigenvalue weighted by molar-refractivity contribution is 7.99. The molecule has 5 aromatic rings. The number of phenolic OH excluding ortho intramolecular Hbond substituents is 1. The molecular weight excluding hydrogens is 615 g/mol. The standard InChI is InChI=1S/C32H31N5O6S2/c38-20-23-8-10-24(11-9-23)30-18-28(21-44-32-34-35-36-37(32)26-14-16-27(39)17-15-26)42-31(43-30)25-12-6-22(7-13-25)19-33-45(40,41)29-4-2-1-3-5-29/h1-17,28,30-31,33,38-39H,18-21H2/t28-,30+,31?/m0/s1. The van der Waals surface area contributed by atoms with Crippen LogP contribution >= 0.6 is 11.8 Å². The summed E-state index contributed by atoms with van der Waals surface area (Å²) in [5, 5.41) is 31.8. The molecule has 45 heavy (non-hydrogen) atoms. The van der Waals surface area contributed by atoms with Crippen LogP contribution in [0.4, 0.5) is 0 Å². The molecule has 1 aromatic heterocycles. The number of aromatic nitrogens is 4. The van der Waals surface area contributed by atoms with E-state index in [9.17, 15) is 18.6 Å². The first kappa shape index (κ1) is 30.9. The Morgan fingerprint density at radius 2 is 1.56 bits per heavy atom. The molecule has 0 amide bonds. The highest BCUT2D eigenvalue weighted by Gasteiger charge is 2.32. The molecule has 0 radical (unpaired) electrons. The van der Waals surface area contributed by atoms with Crippen molar-refractivity contribution in [3.63, 3.8) is 0 Å². The number of thioether (sulfide) groups is 1. The molecule has 13 heteroatoms. The second-order valence-corrected chi connectivity index (χ2v) is 13.2. The Morgan fingerprint density at radius 1 is 0.867 bits per heavy atom. The molecule has 0 aliphatic carbocycles. The molecule has 1 fully saturated rings. The van der Waals surface area contributed by atoms with Crippen molar-refractivity contribution in [3.05, 3.63) is 125 Å². The van der Waals surface area contributed by atoms with Gasteiger partial charge in [-0.05, 0) is 63.5 Å². The van der Waals surface area contributed by atoms with Crippen LogP contribution in [0.25, 0.3) is 5.69 Å². The van der Waals surface area contributed by atoms with E-state index in [4.69, 9.17) is 9.47 Å². The van der Waals surface area contributed by atoms with Crippen LogP contribution in [-0.4, -0.2) is 50.7 Å². The van der Waals surface area contributed by atoms with Crippen LogP contribution in [0.3, 0.4) is 0 Å². The van der Waals surface area contributed by atoms with Crippen LogP contribution in [0.5, 0.6) is 5.75 Å². The summed E-state index contributed by atoms with van der Waals surface area (Å²) in [6.45, 7) is 0.0964. The Morgan fingerprint density at radius 3 is 2.27 bits per heavy atom. The number of aliphatic hydroxyl groups excluding tert-OH is 1. The van der Waals surface area contributed by atoms with Gasteiger partial charge in [-0.1, -0.05) is 78.5 Å². The van der Waals surface area contributed by atoms with Crippen LogP contribution in [0.15, 0.2) is 113 Å². The van der Waals surface area contributed by atoms with Crippen molar-refractivity contribution in [1.29, 1.82) is 0 Å². The molecule has 11 nitrogen and oxygen atoms in total. The largest absolute Gasteiger partial charge is 0.508 e. The number of aromatic hydroxyl groups is 1. The summed E-state index contributed by atoms with van der Waals surface area (Å²) in [7, 11) is -3.63. The van der Waals surface area contributed by atoms with Gasteiger partial charge in [0.2, 0.25) is 15.2 Å². The van der Waals surface area contributed by atoms with Crippen molar-refractivity contribution in [1.82, 2.24) is 24.9 Å². The summed E-state index contributed by atoms with van der Waals surface area (Å²) in [4.78, 5) is 0.213. The Kier molecular flexibility index (Phi) is 9.54. The van der Waals surface area contributed by atoms with E-state index in [0.717, 1.165) is 27.9 Å². The first-order valence-corrected chi connectivity index (χ1v) is 16.7. The number of aliphatic hydroxyl groups is 1. The smallest absolute Gasteiger partial charge is 0.240 e. The van der Waals surface area contributed by atoms with Crippen molar-refractivity contribution >= 4 is 21.8 Å². The zero-order valence-corrected chi connectivity index (χ0v) is 25.6. The summed E-state index contributed by atoms with van der Waals surface area (Å²) in [6.07, 6.45) is -0.580. The minimum atomic E-state index is -3.63. The van der Waals surface area contributed by atoms with Gasteiger partial charge in [-0.3, -0.25) is 0 Å². The quantitative estimate of drug-likeness (QED) is 0.173. The van der Waals surface area contributed by atoms with E-state index >= 15 is 0 Å². The predicted octanol–water partition coefficient (Wildman–Crippen LogP) is 4.68. The maximum atomic E-state index is 12.6. The van der Waals surface area contributed by atoms with Gasteiger partial charge in [-0.15, -0.1) is 5.10 Å². The monoisotopic (exact) mass is 645 g/mol. The molecule has 1 aliphatic heterocycles. The van der Waals surface area contributed by atoms with E-state index in [1.165, 1.54) is 11.8 Å². The molecule has 1 aliphatic rings. The molecule has 232 valence electrons. The van der Waals surface area contributed by atoms with Crippen molar-refractivity contribution in [2.24, 2.45) is 0 Å². The summed E-state index contributed by atoms with van der Waals surface area (Å²) in [6, 6.07) is 30.0. The van der Waals surface area contributed by atoms with Crippen molar-refractivity contribution < 1.29 is 28.1 Å². The number of ether oxygens (including phenoxy) is 2. The topological polar surface area (TPSA) is 149 Å². The van der Waals surface area contributed by atoms with E-state index in [0.29, 0.717) is 17.3 Å². The maximum absolute atomic E-state index is 12.6. The van der Waals surface area contributed by atoms with Crippen molar-refractivity contribution in [3.8, 4) is 11.4 Å². The van der Waals surface area contributed by atoms with Crippen LogP contribution in [-0.2, 0) is 32.6 Å². The van der Waals surface area contributed by atoms with Gasteiger partial charge in [0.05, 0.1) is 29.4 Å². The van der Waals surface area contributed by atoms with Gasteiger partial charge >= 0.3 is 0 Å². The summed E-state index contributed by atoms with van der Waals surface area (Å²) in [5.41, 5.74) is 4.09. The van der Waals surface area contributed by atoms with Crippen LogP contribution in [0.1, 0.15) is 41.1 Å². The SMILES string of the molecule is O=S(=O)(NCc1ccc(C2O[C@H](CSc3nnnn3-c3ccc(O)cc3)C[C@H](c3ccc(CO)cc3)O2)cc1)c1ccccc1. The number of rotatable bonds is 11. The second kappa shape index (κ2) is 13.9. The fourth-order valence-electron chi connectivity index (χ4n) is 4.87. The average molecular weight is 646 g/mol. The Labute approximate surface area is 264 Å². The van der Waals surface area contributed by atoms with Gasteiger partial charge in [0.1, 0.15) is 5.75 Å². The Bertz CT molecular complexity index is 1800. The van der Waals surface area contributed by atoms with Gasteiger partial charge in [-0.25, -0.2) is 13.1 Å². The molecule has 4 aromatic carbocycles. The second-order valence-electron chi connectivity index (χ2n) is 10.4. The lowest BCUT2D eigenvalue weighted by Gasteiger charge is -2.36. The molecule has 2 heterocycles. The zero-order chi connectivity index (χ0) is 31.2. The molecule has 0 saturated carbocycles. The normalized spacial score (nSPS) is 18.6. The third-order valence-corrected chi connectivity index (χ3v) is 9.79. The fourth-order valence-corrected chi connectivity index (χ4v) is 6.82. The van der Waals surface area contributed by atoms with E-state index in [1.54, 1.807) is 59.3 Å². The zero-order valence-electron chi connectivity index (χ0n) is 24.0. The lowest BCUT2D eigenvalue weighted by Crippen LogP contribution is -2.31. The lowest BCUT2D eigenvalue weighted by atomic mass is 10.0. The maximum Gasteiger partial charge on any atom is 0.240 e. The van der Waals surface area contributed by atoms with Gasteiger partial charge in [0.15, 0.2) is 6.29 Å². The number of sulfonamides is 1. The summed E-state index contributed by atoms with van der Waals surface area (Å²) < 4.78 is 42.4. The number of nitrogens with zero attached hydrogens (tertiary/aromatic N) is 4. The number of tetrazole rings is 1. The molecule has 3 atom stereocenters. The number of benzene rings is 4. The molecule has 0 bridgehead atoms. The number of phenols is 1. The van der Waals surface area contributed by atoms with E-state index < -0.39 is 16.3 Å². The lowest BCUT2D eigenvalue weighted by molar-refractivity contribution is -0.245. The van der Waals surface area contributed by atoms with Gasteiger partial charge in [0, 0.05) is 24.3 Å². The Hall–Kier alpha value is -4.11. The highest BCUT2D eigenvalue weighted by atomic mass is 32.2. The number of hydrogen-bond acceptors (Lipinski definition) is 10. The molecule has 0 spiro atoms. The Balaban J connectivity index is 1.17. The minimum Gasteiger partial charge on any atom is -0.508 e. The minimum absolute atomic E-state index is 0.0413. The van der Waals surface area contributed by atoms with Crippen molar-refractivity contribution in [2.75, 3.05) is 5.75 Å². The van der Waals surface area contributed by atoms with Crippen LogP contribution < -0.4 is 4.72 Å². The summed E-state index contributed by atoms with van der Waals surface area (Å²) >= 11 is 1.45. The van der Waals surface area contributed by atoms with Crippen molar-refractivity contribution in [2.45, 2.75) is 48.1 Å². The molecule has 3 N–H and O–H groups in total. The predicted molar refractivity (Wildman–Crippen MR) is 167 cm³/mol. The van der Waals surface area contributed by atoms with Crippen LogP contribution in [0.2, 0.25) is 0 Å². The van der Waals surface area contributed by atoms with Gasteiger partial charge in [0.25, 0.3) is 0 Å². The third-order valence-electron chi connectivity index (χ3n) is 7.32. The average Bonchev–Trinajstić information content (AvgIpc) is 3.56. The fraction of sp³-hybridized carbons (Fsp3) is 0.219. The third kappa shape index (κ3) is 7.59. The summed E-state index contributed by atoms with van der Waals surface area (Å²) in [5.74, 6) is 0.699. The van der Waals surface area contributed by atoms with E-state index in [2.05, 4.69) is 20.2 Å². The van der Waals surface area contributed by atoms with E-state index in [1.807, 2.05) is 48.5 Å². The van der Waals surface area contributed by atoms with E-state index in [-0.39, 0.29) is 36.0 Å². The molecule has 1 unspecified atom stereocenters. The highest BCUT2D eigenvalue weighted by Crippen LogP contribution is 2.39. The first-order chi connectivity index (χ1) is 21.9. The number of nitrogens with one attached hydrogen (secondary N) is 1. The van der Waals surface area contributed by atoms with Gasteiger partial charge < -0.3 is 19.7 Å². The molecule has 6 rings (SSSR count). The first-order valence-electron chi connectivity index (χ1n) is 14.2. The van der Waals surface area contributed by atoms with Crippen LogP contribution in [0, 0.1) is 0 Å². The van der Waals surface area contributed by atoms with Gasteiger partial charge in [-0.2, -0.15) is 4.68 Å². The molecule has 1 saturated heterocycles. The molecular formula is C32H31N5O6S2.